The Balaban J connectivity index is 0. The van der Waals surface area contributed by atoms with Crippen molar-refractivity contribution in [3.63, 3.8) is 0 Å². The molecule has 0 aromatic rings. The van der Waals surface area contributed by atoms with Crippen LogP contribution in [0.1, 0.15) is 1.43 Å². The second-order valence-corrected chi connectivity index (χ2v) is 0. The minimum absolute atomic E-state index is 0. The van der Waals surface area contributed by atoms with Crippen molar-refractivity contribution in [3.05, 3.63) is 0 Å². The molecule has 0 aliphatic rings. The molecule has 0 aliphatic heterocycles. The van der Waals surface area contributed by atoms with Crippen LogP contribution in [-0.4, -0.2) is 53.1 Å². The summed E-state index contributed by atoms with van der Waals surface area (Å²) in [5.74, 6) is 0. The van der Waals surface area contributed by atoms with Crippen molar-refractivity contribution in [2.75, 3.05) is 0 Å². The van der Waals surface area contributed by atoms with Crippen LogP contribution in [-0.2, 0) is 27.7 Å². The van der Waals surface area contributed by atoms with E-state index >= 15 is 0 Å². The summed E-state index contributed by atoms with van der Waals surface area (Å²) < 4.78 is 0. The van der Waals surface area contributed by atoms with E-state index in [1.165, 1.54) is 0 Å². The number of hydrogen-bond acceptors (Lipinski definition) is 0. The van der Waals surface area contributed by atoms with Crippen molar-refractivity contribution in [2.24, 2.45) is 0 Å². The van der Waals surface area contributed by atoms with Gasteiger partial charge in [-0.25, -0.2) is 0 Å². The first-order chi connectivity index (χ1) is 0. The van der Waals surface area contributed by atoms with E-state index in [1.807, 2.05) is 0 Å². The SMILES string of the molecule is [H-].[Hg].[InH3].[Na+].[Tl]. The normalized spacial score (nSPS) is 0. The summed E-state index contributed by atoms with van der Waals surface area (Å²) in [6.07, 6.45) is 0. The average molecular weight is 547 g/mol. The van der Waals surface area contributed by atoms with Gasteiger partial charge < -0.3 is 1.43 Å². The van der Waals surface area contributed by atoms with Crippen molar-refractivity contribution in [3.8, 4) is 0 Å². The fraction of sp³-hybridized carbons (Fsp3) is 0. The molecule has 0 heterocycles. The Morgan fingerprint density at radius 3 is 1.25 bits per heavy atom. The van der Waals surface area contributed by atoms with Crippen LogP contribution in [0.5, 0.6) is 0 Å². The molecule has 0 aromatic carbocycles. The second-order valence-electron chi connectivity index (χ2n) is 0. The topological polar surface area (TPSA) is 0 Å². The van der Waals surface area contributed by atoms with Gasteiger partial charge in [0.2, 0.25) is 0 Å². The first-order valence-electron chi connectivity index (χ1n) is 0. The summed E-state index contributed by atoms with van der Waals surface area (Å²) in [6.45, 7) is 0. The van der Waals surface area contributed by atoms with Crippen molar-refractivity contribution in [2.45, 2.75) is 0 Å². The van der Waals surface area contributed by atoms with Gasteiger partial charge in [-0.1, -0.05) is 0 Å². The second kappa shape index (κ2) is 15.9. The van der Waals surface area contributed by atoms with E-state index in [0.717, 1.165) is 0 Å². The van der Waals surface area contributed by atoms with Gasteiger partial charge in [0.1, 0.15) is 0 Å². The third-order valence-electron chi connectivity index (χ3n) is 0. The minimum atomic E-state index is 0. The maximum Gasteiger partial charge on any atom is 1.00 e. The maximum absolute atomic E-state index is 0. The van der Waals surface area contributed by atoms with Crippen molar-refractivity contribution in [1.82, 2.24) is 0 Å². The molecule has 0 saturated carbocycles. The first-order valence-corrected chi connectivity index (χ1v) is 0. The molecular weight excluding hydrogens is 543 g/mol. The monoisotopic (exact) mass is 549 g/mol. The van der Waals surface area contributed by atoms with Crippen LogP contribution >= 0.6 is 0 Å². The molecule has 0 saturated heterocycles. The van der Waals surface area contributed by atoms with Crippen molar-refractivity contribution < 1.29 is 58.7 Å². The Bertz CT molecular complexity index is 11.6. The Kier molecular flexibility index (Phi) is 100.0. The molecule has 0 aromatic heterocycles. The van der Waals surface area contributed by atoms with E-state index in [9.17, 15) is 0 Å². The van der Waals surface area contributed by atoms with Crippen LogP contribution in [0.3, 0.4) is 0 Å². The summed E-state index contributed by atoms with van der Waals surface area (Å²) in [5.41, 5.74) is 0. The fourth-order valence-electron chi connectivity index (χ4n) is 0. The Labute approximate surface area is 109 Å². The van der Waals surface area contributed by atoms with Crippen LogP contribution < -0.4 is 29.6 Å². The Hall–Kier alpha value is 3.73. The van der Waals surface area contributed by atoms with Crippen molar-refractivity contribution >= 4 is 53.1 Å². The molecule has 0 bridgehead atoms. The van der Waals surface area contributed by atoms with Gasteiger partial charge in [0.15, 0.2) is 0 Å². The van der Waals surface area contributed by atoms with Gasteiger partial charge in [0.05, 0.1) is 0 Å². The molecule has 1 radical (unpaired) electrons. The Morgan fingerprint density at radius 2 is 1.25 bits per heavy atom. The van der Waals surface area contributed by atoms with Crippen LogP contribution in [0.4, 0.5) is 0 Å². The molecule has 0 aliphatic carbocycles. The quantitative estimate of drug-likeness (QED) is 0.269. The summed E-state index contributed by atoms with van der Waals surface area (Å²) >= 11 is 0. The van der Waals surface area contributed by atoms with Crippen molar-refractivity contribution in [1.29, 1.82) is 0 Å². The molecule has 4 heavy (non-hydrogen) atoms. The summed E-state index contributed by atoms with van der Waals surface area (Å²) in [4.78, 5) is 0. The van der Waals surface area contributed by atoms with E-state index in [-0.39, 0.29) is 112 Å². The largest absolute Gasteiger partial charge is 1.00 e. The van der Waals surface area contributed by atoms with Crippen LogP contribution in [0.2, 0.25) is 0 Å². The van der Waals surface area contributed by atoms with Gasteiger partial charge in [0.25, 0.3) is 0 Å². The molecule has 0 unspecified atom stereocenters. The molecule has 0 atom stereocenters. The zero-order chi connectivity index (χ0) is 0. The van der Waals surface area contributed by atoms with Gasteiger partial charge in [0, 0.05) is 55.0 Å². The maximum atomic E-state index is 0. The summed E-state index contributed by atoms with van der Waals surface area (Å²) in [5, 5.41) is 0. The van der Waals surface area contributed by atoms with E-state index in [4.69, 9.17) is 0 Å². The third kappa shape index (κ3) is 9.21. The smallest absolute Gasteiger partial charge is 0 e. The summed E-state index contributed by atoms with van der Waals surface area (Å²) in [7, 11) is 0. The van der Waals surface area contributed by atoms with E-state index < -0.39 is 0 Å². The molecule has 0 spiro atoms. The van der Waals surface area contributed by atoms with Crippen LogP contribution in [0.15, 0.2) is 0 Å². The van der Waals surface area contributed by atoms with Crippen LogP contribution in [0, 0.1) is 0 Å². The standard InChI is InChI=1S/Hg.In.Na.Tl.4H/q;;+1;;;;;-1. The molecule has 0 amide bonds. The van der Waals surface area contributed by atoms with Crippen LogP contribution in [0.25, 0.3) is 0 Å². The molecule has 0 N–H and O–H groups in total. The minimum Gasteiger partial charge on any atom is 0 e. The van der Waals surface area contributed by atoms with Gasteiger partial charge >= 0.3 is 55.4 Å². The predicted molar refractivity (Wildman–Crippen MR) is 16.8 cm³/mol. The van der Waals surface area contributed by atoms with Gasteiger partial charge in [-0.2, -0.15) is 0 Å². The number of rotatable bonds is 0. The molecule has 4 heteroatoms. The molecule has 13 valence electrons. The predicted octanol–water partition coefficient (Wildman–Crippen LogP) is -4.45. The molecule has 0 nitrogen and oxygen atoms in total. The van der Waals surface area contributed by atoms with Gasteiger partial charge in [-0.15, -0.1) is 0 Å². The zero-order valence-electron chi connectivity index (χ0n) is 3.28. The Morgan fingerprint density at radius 1 is 1.25 bits per heavy atom. The summed E-state index contributed by atoms with van der Waals surface area (Å²) in [6, 6.07) is 0. The van der Waals surface area contributed by atoms with Gasteiger partial charge in [-0.05, 0) is 0 Å². The van der Waals surface area contributed by atoms with E-state index in [1.54, 1.807) is 0 Å². The zero-order valence-corrected chi connectivity index (χ0v) is 14.3. The van der Waals surface area contributed by atoms with Gasteiger partial charge in [-0.3, -0.25) is 0 Å². The molecule has 0 fully saturated rings. The third-order valence-corrected chi connectivity index (χ3v) is 0. The fourth-order valence-corrected chi connectivity index (χ4v) is 0. The van der Waals surface area contributed by atoms with E-state index in [0.29, 0.717) is 0 Å². The number of hydrogen-bond donors (Lipinski definition) is 0. The molecule has 0 rings (SSSR count). The average Bonchev–Trinajstić information content (AvgIpc) is 0. The van der Waals surface area contributed by atoms with E-state index in [2.05, 4.69) is 0 Å². The first kappa shape index (κ1) is 25.2. The molecular formula is H4HgInNaTl.